The molecule has 1 aromatic heterocycles. The predicted octanol–water partition coefficient (Wildman–Crippen LogP) is 5.15. The average Bonchev–Trinajstić information content (AvgIpc) is 2.99. The number of hydrogen-bond donors (Lipinski definition) is 0. The van der Waals surface area contributed by atoms with Crippen molar-refractivity contribution in [3.05, 3.63) is 75.4 Å². The molecule has 0 N–H and O–H groups in total. The lowest BCUT2D eigenvalue weighted by Crippen LogP contribution is -2.03. The van der Waals surface area contributed by atoms with Crippen LogP contribution in [0.3, 0.4) is 0 Å². The Labute approximate surface area is 153 Å². The Kier molecular flexibility index (Phi) is 5.16. The van der Waals surface area contributed by atoms with Crippen LogP contribution in [0.15, 0.2) is 58.2 Å². The van der Waals surface area contributed by atoms with Gasteiger partial charge >= 0.3 is 5.97 Å². The van der Waals surface area contributed by atoms with E-state index in [1.807, 2.05) is 0 Å². The summed E-state index contributed by atoms with van der Waals surface area (Å²) in [4.78, 5) is 17.3. The maximum Gasteiger partial charge on any atom is 0.371 e. The van der Waals surface area contributed by atoms with Crippen molar-refractivity contribution in [3.63, 3.8) is 0 Å². The van der Waals surface area contributed by atoms with Crippen molar-refractivity contribution < 1.29 is 14.2 Å². The van der Waals surface area contributed by atoms with Crippen LogP contribution in [0.2, 0.25) is 10.0 Å². The number of nitrogens with zero attached hydrogens (tertiary/aromatic N) is 2. The standard InChI is InChI=1S/C18H12Cl2N2O3/c1-11-16(17(24-22-11)13-4-8-15(20)9-5-13)18(23)25-21-10-12-2-6-14(19)7-3-12/h2-10H,1H3. The van der Waals surface area contributed by atoms with Gasteiger partial charge < -0.3 is 9.36 Å². The van der Waals surface area contributed by atoms with Crippen LogP contribution in [-0.4, -0.2) is 17.3 Å². The molecular weight excluding hydrogens is 363 g/mol. The van der Waals surface area contributed by atoms with Crippen molar-refractivity contribution >= 4 is 35.4 Å². The third kappa shape index (κ3) is 4.07. The van der Waals surface area contributed by atoms with Crippen molar-refractivity contribution in [2.24, 2.45) is 5.16 Å². The van der Waals surface area contributed by atoms with E-state index in [-0.39, 0.29) is 5.56 Å². The highest BCUT2D eigenvalue weighted by atomic mass is 35.5. The van der Waals surface area contributed by atoms with Crippen molar-refractivity contribution in [1.82, 2.24) is 5.16 Å². The average molecular weight is 375 g/mol. The fourth-order valence-corrected chi connectivity index (χ4v) is 2.39. The first-order valence-electron chi connectivity index (χ1n) is 7.27. The van der Waals surface area contributed by atoms with Gasteiger partial charge in [0, 0.05) is 15.6 Å². The molecule has 1 heterocycles. The number of aromatic nitrogens is 1. The van der Waals surface area contributed by atoms with Gasteiger partial charge in [-0.15, -0.1) is 0 Å². The number of hydrogen-bond acceptors (Lipinski definition) is 5. The van der Waals surface area contributed by atoms with Gasteiger partial charge in [0.15, 0.2) is 5.76 Å². The second-order valence-electron chi connectivity index (χ2n) is 5.14. The Balaban J connectivity index is 1.79. The van der Waals surface area contributed by atoms with Crippen LogP contribution in [0, 0.1) is 6.92 Å². The molecule has 3 rings (SSSR count). The van der Waals surface area contributed by atoms with Gasteiger partial charge in [-0.3, -0.25) is 0 Å². The number of halogens is 2. The highest BCUT2D eigenvalue weighted by Gasteiger charge is 2.23. The summed E-state index contributed by atoms with van der Waals surface area (Å²) in [6, 6.07) is 13.8. The summed E-state index contributed by atoms with van der Waals surface area (Å²) in [7, 11) is 0. The molecule has 0 unspecified atom stereocenters. The number of oxime groups is 1. The fraction of sp³-hybridized carbons (Fsp3) is 0.0556. The van der Waals surface area contributed by atoms with Gasteiger partial charge in [0.2, 0.25) is 0 Å². The van der Waals surface area contributed by atoms with E-state index in [4.69, 9.17) is 32.6 Å². The van der Waals surface area contributed by atoms with Gasteiger partial charge in [0.05, 0.1) is 11.9 Å². The van der Waals surface area contributed by atoms with Gasteiger partial charge in [-0.1, -0.05) is 45.6 Å². The molecule has 126 valence electrons. The van der Waals surface area contributed by atoms with Crippen LogP contribution in [0.4, 0.5) is 0 Å². The van der Waals surface area contributed by atoms with Gasteiger partial charge in [0.1, 0.15) is 5.56 Å². The van der Waals surface area contributed by atoms with E-state index in [9.17, 15) is 4.79 Å². The normalized spacial score (nSPS) is 11.0. The summed E-state index contributed by atoms with van der Waals surface area (Å²) < 4.78 is 5.26. The molecule has 0 bridgehead atoms. The molecule has 3 aromatic rings. The Bertz CT molecular complexity index is 916. The van der Waals surface area contributed by atoms with E-state index >= 15 is 0 Å². The quantitative estimate of drug-likeness (QED) is 0.360. The minimum atomic E-state index is -0.658. The third-order valence-corrected chi connectivity index (χ3v) is 3.88. The van der Waals surface area contributed by atoms with E-state index in [2.05, 4.69) is 10.3 Å². The minimum Gasteiger partial charge on any atom is -0.355 e. The highest BCUT2D eigenvalue weighted by Crippen LogP contribution is 2.28. The van der Waals surface area contributed by atoms with E-state index in [1.165, 1.54) is 6.21 Å². The Morgan fingerprint density at radius 3 is 2.32 bits per heavy atom. The minimum absolute atomic E-state index is 0.218. The summed E-state index contributed by atoms with van der Waals surface area (Å²) >= 11 is 11.7. The van der Waals surface area contributed by atoms with Gasteiger partial charge in [-0.05, 0) is 48.9 Å². The zero-order chi connectivity index (χ0) is 17.8. The van der Waals surface area contributed by atoms with Crippen LogP contribution >= 0.6 is 23.2 Å². The number of carbonyl (C=O) groups is 1. The number of benzene rings is 2. The second-order valence-corrected chi connectivity index (χ2v) is 6.02. The molecule has 0 aliphatic heterocycles. The molecule has 0 aliphatic rings. The molecule has 0 spiro atoms. The largest absolute Gasteiger partial charge is 0.371 e. The van der Waals surface area contributed by atoms with Gasteiger partial charge in [-0.25, -0.2) is 4.79 Å². The first-order valence-corrected chi connectivity index (χ1v) is 8.02. The topological polar surface area (TPSA) is 64.7 Å². The SMILES string of the molecule is Cc1noc(-c2ccc(Cl)cc2)c1C(=O)ON=Cc1ccc(Cl)cc1. The molecule has 0 atom stereocenters. The smallest absolute Gasteiger partial charge is 0.355 e. The third-order valence-electron chi connectivity index (χ3n) is 3.38. The van der Waals surface area contributed by atoms with Crippen molar-refractivity contribution in [2.45, 2.75) is 6.92 Å². The predicted molar refractivity (Wildman–Crippen MR) is 96.1 cm³/mol. The van der Waals surface area contributed by atoms with E-state index in [0.717, 1.165) is 5.56 Å². The maximum atomic E-state index is 12.3. The van der Waals surface area contributed by atoms with Crippen LogP contribution in [-0.2, 0) is 4.84 Å². The molecule has 0 radical (unpaired) electrons. The van der Waals surface area contributed by atoms with E-state index in [0.29, 0.717) is 27.1 Å². The van der Waals surface area contributed by atoms with Crippen molar-refractivity contribution in [3.8, 4) is 11.3 Å². The summed E-state index contributed by atoms with van der Waals surface area (Å²) in [5.74, 6) is -0.352. The lowest BCUT2D eigenvalue weighted by atomic mass is 10.1. The Hall–Kier alpha value is -2.63. The first-order chi connectivity index (χ1) is 12.0. The number of rotatable bonds is 4. The summed E-state index contributed by atoms with van der Waals surface area (Å²) in [5, 5.41) is 8.74. The molecule has 25 heavy (non-hydrogen) atoms. The number of carbonyl (C=O) groups excluding carboxylic acids is 1. The zero-order valence-corrected chi connectivity index (χ0v) is 14.6. The van der Waals surface area contributed by atoms with E-state index in [1.54, 1.807) is 55.5 Å². The molecule has 5 nitrogen and oxygen atoms in total. The molecule has 0 saturated carbocycles. The molecule has 0 fully saturated rings. The van der Waals surface area contributed by atoms with Crippen molar-refractivity contribution in [1.29, 1.82) is 0 Å². The summed E-state index contributed by atoms with van der Waals surface area (Å²) in [6.07, 6.45) is 1.42. The number of aryl methyl sites for hydroxylation is 1. The van der Waals surface area contributed by atoms with Crippen LogP contribution in [0.5, 0.6) is 0 Å². The van der Waals surface area contributed by atoms with Crippen molar-refractivity contribution in [2.75, 3.05) is 0 Å². The molecule has 0 aliphatic carbocycles. The van der Waals surface area contributed by atoms with E-state index < -0.39 is 5.97 Å². The molecular formula is C18H12Cl2N2O3. The first kappa shape index (κ1) is 17.2. The monoisotopic (exact) mass is 374 g/mol. The molecule has 7 heteroatoms. The summed E-state index contributed by atoms with van der Waals surface area (Å²) in [6.45, 7) is 1.66. The zero-order valence-electron chi connectivity index (χ0n) is 13.1. The Morgan fingerprint density at radius 2 is 1.68 bits per heavy atom. The molecule has 0 saturated heterocycles. The fourth-order valence-electron chi connectivity index (χ4n) is 2.14. The maximum absolute atomic E-state index is 12.3. The van der Waals surface area contributed by atoms with Crippen LogP contribution in [0.25, 0.3) is 11.3 Å². The lowest BCUT2D eigenvalue weighted by Gasteiger charge is -2.00. The van der Waals surface area contributed by atoms with Crippen LogP contribution < -0.4 is 0 Å². The lowest BCUT2D eigenvalue weighted by molar-refractivity contribution is 0.0519. The van der Waals surface area contributed by atoms with Gasteiger partial charge in [0.25, 0.3) is 0 Å². The van der Waals surface area contributed by atoms with Crippen LogP contribution in [0.1, 0.15) is 21.6 Å². The molecule has 0 amide bonds. The summed E-state index contributed by atoms with van der Waals surface area (Å²) in [5.41, 5.74) is 2.04. The highest BCUT2D eigenvalue weighted by molar-refractivity contribution is 6.30. The van der Waals surface area contributed by atoms with Gasteiger partial charge in [-0.2, -0.15) is 0 Å². The second kappa shape index (κ2) is 7.51. The molecule has 2 aromatic carbocycles. The Morgan fingerprint density at radius 1 is 1.08 bits per heavy atom.